The number of anilines is 1. The first-order valence-electron chi connectivity index (χ1n) is 9.35. The van der Waals surface area contributed by atoms with Gasteiger partial charge in [-0.2, -0.15) is 0 Å². The van der Waals surface area contributed by atoms with Gasteiger partial charge in [-0.15, -0.1) is 0 Å². The summed E-state index contributed by atoms with van der Waals surface area (Å²) in [4.78, 5) is 32.1. The highest BCUT2D eigenvalue weighted by molar-refractivity contribution is 9.10. The van der Waals surface area contributed by atoms with Gasteiger partial charge in [0.05, 0.1) is 16.9 Å². The molecular weight excluding hydrogens is 456 g/mol. The van der Waals surface area contributed by atoms with Crippen LogP contribution in [0.3, 0.4) is 0 Å². The molecule has 8 heteroatoms. The number of carbonyl (C=O) groups excluding carboxylic acids is 1. The number of hydrogen-bond donors (Lipinski definition) is 1. The Hall–Kier alpha value is -2.38. The molecule has 6 nitrogen and oxygen atoms in total. The molecule has 0 radical (unpaired) electrons. The van der Waals surface area contributed by atoms with Crippen LogP contribution in [-0.4, -0.2) is 27.5 Å². The molecule has 0 bridgehead atoms. The molecule has 0 aliphatic carbocycles. The molecule has 0 fully saturated rings. The average Bonchev–Trinajstić information content (AvgIpc) is 2.68. The Balaban J connectivity index is 2.01. The number of carbonyl (C=O) groups is 1. The largest absolute Gasteiger partial charge is 0.322 e. The third kappa shape index (κ3) is 4.46. The third-order valence-electron chi connectivity index (χ3n) is 4.81. The maximum atomic E-state index is 13.0. The van der Waals surface area contributed by atoms with E-state index in [2.05, 4.69) is 21.2 Å². The van der Waals surface area contributed by atoms with E-state index >= 15 is 0 Å². The first-order chi connectivity index (χ1) is 13.8. The van der Waals surface area contributed by atoms with Crippen LogP contribution in [-0.2, 0) is 6.54 Å². The van der Waals surface area contributed by atoms with Crippen LogP contribution in [0.25, 0.3) is 10.9 Å². The quantitative estimate of drug-likeness (QED) is 0.531. The number of fused-ring (bicyclic) bond motifs is 1. The van der Waals surface area contributed by atoms with Crippen molar-refractivity contribution < 1.29 is 4.79 Å². The number of amides is 2. The molecule has 1 heterocycles. The van der Waals surface area contributed by atoms with Crippen molar-refractivity contribution in [2.45, 2.75) is 32.9 Å². The lowest BCUT2D eigenvalue weighted by Gasteiger charge is -2.29. The Labute approximate surface area is 182 Å². The van der Waals surface area contributed by atoms with Gasteiger partial charge in [-0.05, 0) is 49.7 Å². The second kappa shape index (κ2) is 8.97. The molecule has 3 aromatic rings. The highest BCUT2D eigenvalue weighted by atomic mass is 79.9. The molecule has 1 aromatic heterocycles. The van der Waals surface area contributed by atoms with Crippen LogP contribution in [0.4, 0.5) is 10.5 Å². The molecule has 0 saturated heterocycles. The number of halogens is 2. The van der Waals surface area contributed by atoms with E-state index in [1.807, 2.05) is 38.1 Å². The zero-order valence-corrected chi connectivity index (χ0v) is 18.8. The summed E-state index contributed by atoms with van der Waals surface area (Å²) in [6, 6.07) is 11.8. The molecule has 2 amide bonds. The van der Waals surface area contributed by atoms with Crippen molar-refractivity contribution in [3.63, 3.8) is 0 Å². The lowest BCUT2D eigenvalue weighted by Crippen LogP contribution is -2.38. The van der Waals surface area contributed by atoms with Crippen LogP contribution >= 0.6 is 27.5 Å². The lowest BCUT2D eigenvalue weighted by atomic mass is 10.1. The van der Waals surface area contributed by atoms with E-state index in [1.165, 1.54) is 0 Å². The molecule has 1 unspecified atom stereocenters. The molecule has 3 rings (SSSR count). The van der Waals surface area contributed by atoms with E-state index in [-0.39, 0.29) is 17.6 Å². The van der Waals surface area contributed by atoms with Gasteiger partial charge in [0.1, 0.15) is 5.82 Å². The Kier molecular flexibility index (Phi) is 6.59. The normalized spacial score (nSPS) is 12.0. The van der Waals surface area contributed by atoms with Crippen LogP contribution in [0.2, 0.25) is 5.02 Å². The van der Waals surface area contributed by atoms with Crippen LogP contribution in [0.15, 0.2) is 51.7 Å². The van der Waals surface area contributed by atoms with Gasteiger partial charge in [-0.25, -0.2) is 9.78 Å². The summed E-state index contributed by atoms with van der Waals surface area (Å²) in [5, 5.41) is 3.91. The van der Waals surface area contributed by atoms with Gasteiger partial charge >= 0.3 is 6.03 Å². The Morgan fingerprint density at radius 3 is 2.69 bits per heavy atom. The lowest BCUT2D eigenvalue weighted by molar-refractivity contribution is 0.198. The van der Waals surface area contributed by atoms with Gasteiger partial charge in [0.15, 0.2) is 0 Å². The zero-order chi connectivity index (χ0) is 21.1. The standard InChI is InChI=1S/C21H22BrClN4O2/c1-4-18(26(3)21(29)24-15-8-6-7-13(22)11-15)19-25-17-12-14(23)9-10-16(17)20(28)27(19)5-2/h6-12,18H,4-5H2,1-3H3,(H,24,29). The number of nitrogens with zero attached hydrogens (tertiary/aromatic N) is 3. The number of urea groups is 1. The maximum absolute atomic E-state index is 13.0. The van der Waals surface area contributed by atoms with Gasteiger partial charge < -0.3 is 10.2 Å². The predicted octanol–water partition coefficient (Wildman–Crippen LogP) is 5.45. The molecule has 2 aromatic carbocycles. The zero-order valence-electron chi connectivity index (χ0n) is 16.4. The summed E-state index contributed by atoms with van der Waals surface area (Å²) >= 11 is 9.50. The van der Waals surface area contributed by atoms with Crippen molar-refractivity contribution in [1.82, 2.24) is 14.5 Å². The summed E-state index contributed by atoms with van der Waals surface area (Å²) in [6.07, 6.45) is 0.598. The van der Waals surface area contributed by atoms with E-state index in [1.54, 1.807) is 34.7 Å². The molecule has 1 atom stereocenters. The van der Waals surface area contributed by atoms with Crippen molar-refractivity contribution in [2.75, 3.05) is 12.4 Å². The number of rotatable bonds is 5. The smallest absolute Gasteiger partial charge is 0.317 e. The van der Waals surface area contributed by atoms with Crippen molar-refractivity contribution in [2.24, 2.45) is 0 Å². The van der Waals surface area contributed by atoms with Crippen LogP contribution < -0.4 is 10.9 Å². The molecule has 1 N–H and O–H groups in total. The van der Waals surface area contributed by atoms with Crippen molar-refractivity contribution >= 4 is 50.2 Å². The Bertz CT molecular complexity index is 1120. The molecule has 0 aliphatic rings. The Morgan fingerprint density at radius 2 is 2.03 bits per heavy atom. The number of aromatic nitrogens is 2. The van der Waals surface area contributed by atoms with E-state index in [9.17, 15) is 9.59 Å². The first kappa shape index (κ1) is 21.3. The molecule has 29 heavy (non-hydrogen) atoms. The van der Waals surface area contributed by atoms with Gasteiger partial charge in [0.2, 0.25) is 0 Å². The minimum absolute atomic E-state index is 0.136. The van der Waals surface area contributed by atoms with Gasteiger partial charge in [0.25, 0.3) is 5.56 Å². The molecule has 152 valence electrons. The Morgan fingerprint density at radius 1 is 1.28 bits per heavy atom. The van der Waals surface area contributed by atoms with Crippen LogP contribution in [0.1, 0.15) is 32.1 Å². The summed E-state index contributed by atoms with van der Waals surface area (Å²) < 4.78 is 2.49. The topological polar surface area (TPSA) is 67.2 Å². The summed E-state index contributed by atoms with van der Waals surface area (Å²) in [7, 11) is 1.70. The first-order valence-corrected chi connectivity index (χ1v) is 10.5. The van der Waals surface area contributed by atoms with Crippen molar-refractivity contribution in [1.29, 1.82) is 0 Å². The van der Waals surface area contributed by atoms with Gasteiger partial charge in [-0.3, -0.25) is 9.36 Å². The summed E-state index contributed by atoms with van der Waals surface area (Å²) in [6.45, 7) is 4.31. The van der Waals surface area contributed by atoms with Gasteiger partial charge in [0, 0.05) is 28.8 Å². The summed E-state index contributed by atoms with van der Waals surface area (Å²) in [5.41, 5.74) is 1.07. The second-order valence-corrected chi connectivity index (χ2v) is 8.01. The number of nitrogens with one attached hydrogen (secondary N) is 1. The fraction of sp³-hybridized carbons (Fsp3) is 0.286. The van der Waals surface area contributed by atoms with Gasteiger partial charge in [-0.1, -0.05) is 40.5 Å². The van der Waals surface area contributed by atoms with Crippen molar-refractivity contribution in [3.05, 3.63) is 68.1 Å². The van der Waals surface area contributed by atoms with Crippen molar-refractivity contribution in [3.8, 4) is 0 Å². The third-order valence-corrected chi connectivity index (χ3v) is 5.54. The second-order valence-electron chi connectivity index (χ2n) is 6.66. The van der Waals surface area contributed by atoms with E-state index < -0.39 is 0 Å². The SMILES string of the molecule is CCC(c1nc2cc(Cl)ccc2c(=O)n1CC)N(C)C(=O)Nc1cccc(Br)c1. The molecule has 0 spiro atoms. The minimum Gasteiger partial charge on any atom is -0.317 e. The highest BCUT2D eigenvalue weighted by Gasteiger charge is 2.25. The fourth-order valence-electron chi connectivity index (χ4n) is 3.32. The number of hydrogen-bond acceptors (Lipinski definition) is 3. The maximum Gasteiger partial charge on any atom is 0.322 e. The fourth-order valence-corrected chi connectivity index (χ4v) is 3.89. The highest BCUT2D eigenvalue weighted by Crippen LogP contribution is 2.25. The molecule has 0 saturated carbocycles. The minimum atomic E-state index is -0.377. The van der Waals surface area contributed by atoms with E-state index in [0.717, 1.165) is 4.47 Å². The van der Waals surface area contributed by atoms with Crippen LogP contribution in [0, 0.1) is 0 Å². The predicted molar refractivity (Wildman–Crippen MR) is 121 cm³/mol. The molecule has 0 aliphatic heterocycles. The monoisotopic (exact) mass is 476 g/mol. The molecular formula is C21H22BrClN4O2. The van der Waals surface area contributed by atoms with E-state index in [0.29, 0.717) is 40.4 Å². The summed E-state index contributed by atoms with van der Waals surface area (Å²) in [5.74, 6) is 0.543. The van der Waals surface area contributed by atoms with E-state index in [4.69, 9.17) is 16.6 Å². The number of benzene rings is 2. The van der Waals surface area contributed by atoms with Crippen LogP contribution in [0.5, 0.6) is 0 Å². The average molecular weight is 478 g/mol.